The van der Waals surface area contributed by atoms with Crippen LogP contribution in [0.2, 0.25) is 10.0 Å². The van der Waals surface area contributed by atoms with Crippen molar-refractivity contribution in [2.45, 2.75) is 32.4 Å². The molecule has 0 saturated heterocycles. The Hall–Kier alpha value is -3.61. The minimum Gasteiger partial charge on any atom is -0.486 e. The number of nitrogens with zero attached hydrogens (tertiary/aromatic N) is 4. The molecular weight excluding hydrogens is 465 g/mol. The number of amides is 1. The fourth-order valence-electron chi connectivity index (χ4n) is 3.08. The number of hydrogen-bond donors (Lipinski definition) is 3. The van der Waals surface area contributed by atoms with Gasteiger partial charge in [0.15, 0.2) is 0 Å². The molecule has 3 aromatic rings. The molecule has 0 aliphatic carbocycles. The first-order valence-corrected chi connectivity index (χ1v) is 10.6. The lowest BCUT2D eigenvalue weighted by Gasteiger charge is -2.18. The van der Waals surface area contributed by atoms with Gasteiger partial charge in [0.1, 0.15) is 17.6 Å². The summed E-state index contributed by atoms with van der Waals surface area (Å²) >= 11 is 12.4. The molecule has 3 rings (SSSR count). The Morgan fingerprint density at radius 1 is 1.30 bits per heavy atom. The summed E-state index contributed by atoms with van der Waals surface area (Å²) in [4.78, 5) is 16.6. The molecule has 0 fully saturated rings. The van der Waals surface area contributed by atoms with Crippen molar-refractivity contribution >= 4 is 46.2 Å². The van der Waals surface area contributed by atoms with Gasteiger partial charge in [-0.15, -0.1) is 0 Å². The van der Waals surface area contributed by atoms with Gasteiger partial charge in [0.25, 0.3) is 5.91 Å². The third-order valence-corrected chi connectivity index (χ3v) is 5.43. The second-order valence-electron chi connectivity index (χ2n) is 7.28. The van der Waals surface area contributed by atoms with Crippen LogP contribution >= 0.6 is 23.2 Å². The highest BCUT2D eigenvalue weighted by atomic mass is 35.5. The molecule has 0 aliphatic heterocycles. The van der Waals surface area contributed by atoms with Crippen LogP contribution in [0.15, 0.2) is 43.0 Å². The van der Waals surface area contributed by atoms with Crippen LogP contribution in [-0.2, 0) is 4.79 Å². The minimum absolute atomic E-state index is 0.144. The Balaban J connectivity index is 1.75. The maximum absolute atomic E-state index is 12.7. The average molecular weight is 486 g/mol. The molecule has 0 bridgehead atoms. The van der Waals surface area contributed by atoms with Crippen LogP contribution < -0.4 is 15.8 Å². The zero-order chi connectivity index (χ0) is 24.1. The number of aromatic nitrogens is 3. The second kappa shape index (κ2) is 10.3. The third kappa shape index (κ3) is 5.61. The van der Waals surface area contributed by atoms with Crippen molar-refractivity contribution in [1.82, 2.24) is 14.8 Å². The Labute approximate surface area is 200 Å². The van der Waals surface area contributed by atoms with Gasteiger partial charge in [-0.2, -0.15) is 10.4 Å². The van der Waals surface area contributed by atoms with Crippen molar-refractivity contribution in [3.63, 3.8) is 0 Å². The SMILES string of the molecule is CC(Oc1ccc(N)c(C(=N)C(=O)Nc2cnn(C(C)CC#N)c2)c1)c1c(Cl)cncc1Cl. The third-order valence-electron chi connectivity index (χ3n) is 4.83. The van der Waals surface area contributed by atoms with E-state index < -0.39 is 12.0 Å². The number of hydrogen-bond acceptors (Lipinski definition) is 7. The molecular formula is C22H21Cl2N7O2. The van der Waals surface area contributed by atoms with Crippen molar-refractivity contribution in [1.29, 1.82) is 10.7 Å². The van der Waals surface area contributed by atoms with Crippen LogP contribution in [0.3, 0.4) is 0 Å². The number of ether oxygens (including phenoxy) is 1. The van der Waals surface area contributed by atoms with E-state index in [-0.39, 0.29) is 29.4 Å². The van der Waals surface area contributed by atoms with Gasteiger partial charge in [-0.25, -0.2) is 0 Å². The smallest absolute Gasteiger partial charge is 0.274 e. The van der Waals surface area contributed by atoms with Crippen LogP contribution in [-0.4, -0.2) is 26.4 Å². The topological polar surface area (TPSA) is 143 Å². The summed E-state index contributed by atoms with van der Waals surface area (Å²) in [5.41, 5.74) is 7.09. The maximum Gasteiger partial charge on any atom is 0.274 e. The van der Waals surface area contributed by atoms with Gasteiger partial charge in [0.2, 0.25) is 0 Å². The van der Waals surface area contributed by atoms with Crippen LogP contribution in [0.25, 0.3) is 0 Å². The summed E-state index contributed by atoms with van der Waals surface area (Å²) in [7, 11) is 0. The quantitative estimate of drug-likeness (QED) is 0.309. The summed E-state index contributed by atoms with van der Waals surface area (Å²) < 4.78 is 7.51. The summed E-state index contributed by atoms with van der Waals surface area (Å²) in [6, 6.07) is 6.62. The summed E-state index contributed by atoms with van der Waals surface area (Å²) in [6.07, 6.45) is 5.75. The highest BCUT2D eigenvalue weighted by molar-refractivity contribution is 6.48. The number of nitrogens with one attached hydrogen (secondary N) is 2. The van der Waals surface area contributed by atoms with Crippen molar-refractivity contribution in [3.05, 3.63) is 64.2 Å². The lowest BCUT2D eigenvalue weighted by atomic mass is 10.1. The van der Waals surface area contributed by atoms with E-state index in [4.69, 9.17) is 44.3 Å². The van der Waals surface area contributed by atoms with Gasteiger partial charge in [-0.1, -0.05) is 23.2 Å². The Kier molecular flexibility index (Phi) is 7.53. The van der Waals surface area contributed by atoms with Crippen molar-refractivity contribution < 1.29 is 9.53 Å². The van der Waals surface area contributed by atoms with Crippen LogP contribution in [0.5, 0.6) is 5.75 Å². The van der Waals surface area contributed by atoms with Crippen LogP contribution in [0, 0.1) is 16.7 Å². The van der Waals surface area contributed by atoms with Gasteiger partial charge in [-0.3, -0.25) is 19.9 Å². The van der Waals surface area contributed by atoms with Gasteiger partial charge >= 0.3 is 0 Å². The molecule has 9 nitrogen and oxygen atoms in total. The molecule has 2 heterocycles. The fraction of sp³-hybridized carbons (Fsp3) is 0.227. The summed E-state index contributed by atoms with van der Waals surface area (Å²) in [6.45, 7) is 3.61. The fourth-order valence-corrected chi connectivity index (χ4v) is 3.76. The van der Waals surface area contributed by atoms with Gasteiger partial charge < -0.3 is 15.8 Å². The Bertz CT molecular complexity index is 1220. The molecule has 0 saturated carbocycles. The predicted octanol–water partition coefficient (Wildman–Crippen LogP) is 4.79. The number of halogens is 2. The molecule has 11 heteroatoms. The van der Waals surface area contributed by atoms with Gasteiger partial charge in [0.05, 0.1) is 40.5 Å². The number of rotatable bonds is 8. The number of carbonyl (C=O) groups is 1. The number of nitrogens with two attached hydrogens (primary N) is 1. The van der Waals surface area contributed by atoms with E-state index >= 15 is 0 Å². The summed E-state index contributed by atoms with van der Waals surface area (Å²) in [5, 5.41) is 24.6. The lowest BCUT2D eigenvalue weighted by molar-refractivity contribution is -0.110. The van der Waals surface area contributed by atoms with E-state index in [1.54, 1.807) is 29.9 Å². The predicted molar refractivity (Wildman–Crippen MR) is 127 cm³/mol. The number of anilines is 2. The molecule has 0 aliphatic rings. The largest absolute Gasteiger partial charge is 0.486 e. The van der Waals surface area contributed by atoms with E-state index in [9.17, 15) is 4.79 Å². The normalized spacial score (nSPS) is 12.5. The molecule has 2 unspecified atom stereocenters. The first-order valence-electron chi connectivity index (χ1n) is 9.87. The summed E-state index contributed by atoms with van der Waals surface area (Å²) in [5.74, 6) is -0.286. The zero-order valence-electron chi connectivity index (χ0n) is 17.8. The molecule has 4 N–H and O–H groups in total. The van der Waals surface area contributed by atoms with E-state index in [0.717, 1.165) is 0 Å². The number of nitriles is 1. The number of benzene rings is 1. The molecule has 1 amide bonds. The highest BCUT2D eigenvalue weighted by Gasteiger charge is 2.20. The number of carbonyl (C=O) groups excluding carboxylic acids is 1. The van der Waals surface area contributed by atoms with Crippen molar-refractivity contribution in [2.24, 2.45) is 0 Å². The lowest BCUT2D eigenvalue weighted by Crippen LogP contribution is -2.23. The van der Waals surface area contributed by atoms with Crippen molar-refractivity contribution in [3.8, 4) is 11.8 Å². The Morgan fingerprint density at radius 2 is 2.00 bits per heavy atom. The van der Waals surface area contributed by atoms with E-state index in [1.165, 1.54) is 24.7 Å². The highest BCUT2D eigenvalue weighted by Crippen LogP contribution is 2.33. The first-order chi connectivity index (χ1) is 15.7. The molecule has 2 atom stereocenters. The number of nitrogen functional groups attached to an aromatic ring is 1. The zero-order valence-corrected chi connectivity index (χ0v) is 19.4. The molecule has 0 spiro atoms. The van der Waals surface area contributed by atoms with Crippen molar-refractivity contribution in [2.75, 3.05) is 11.1 Å². The van der Waals surface area contributed by atoms with Crippen LogP contribution in [0.4, 0.5) is 11.4 Å². The average Bonchev–Trinajstić information content (AvgIpc) is 3.23. The van der Waals surface area contributed by atoms with E-state index in [1.807, 2.05) is 6.92 Å². The Morgan fingerprint density at radius 3 is 2.67 bits per heavy atom. The van der Waals surface area contributed by atoms with Crippen LogP contribution in [0.1, 0.15) is 43.5 Å². The second-order valence-corrected chi connectivity index (χ2v) is 8.09. The van der Waals surface area contributed by atoms with E-state index in [0.29, 0.717) is 27.0 Å². The van der Waals surface area contributed by atoms with Gasteiger partial charge in [0, 0.05) is 35.4 Å². The first kappa shape index (κ1) is 24.0. The molecule has 33 heavy (non-hydrogen) atoms. The van der Waals surface area contributed by atoms with Gasteiger partial charge in [-0.05, 0) is 32.0 Å². The van der Waals surface area contributed by atoms with E-state index in [2.05, 4.69) is 21.5 Å². The molecule has 2 aromatic heterocycles. The minimum atomic E-state index is -0.667. The molecule has 170 valence electrons. The number of pyridine rings is 1. The molecule has 1 aromatic carbocycles. The standard InChI is InChI=1S/C22H21Cl2N7O2/c1-12(5-6-25)31-11-14(8-29-31)30-22(32)21(27)16-7-15(3-4-19(16)26)33-13(2)20-17(23)9-28-10-18(20)24/h3-4,7-13,27H,5,26H2,1-2H3,(H,30,32). The monoisotopic (exact) mass is 485 g/mol. The molecule has 0 radical (unpaired) electrons. The maximum atomic E-state index is 12.7.